The van der Waals surface area contributed by atoms with E-state index in [-0.39, 0.29) is 36.7 Å². The third kappa shape index (κ3) is 9.16. The average Bonchev–Trinajstić information content (AvgIpc) is 3.04. The molecule has 3 aromatic carbocycles. The molecule has 10 nitrogen and oxygen atoms in total. The van der Waals surface area contributed by atoms with Gasteiger partial charge < -0.3 is 35.7 Å². The fourth-order valence-corrected chi connectivity index (χ4v) is 4.59. The standard InChI is InChI=1S/C33H37N3O7/c1-41-33(40)25-15-13-24(14-16-25)26-18-29(43-31(19-26)42-21-23-11-9-22(20-37)10-12-23)32(39)35-17-5-4-8-30(38)36-28-7-3-2-6-27(28)34/h2-3,6-7,9-16,18,26,31,37H,4-5,8,17,19-21,34H2,1H3,(H,35,39)(H,36,38)/t26-,31+/m1/s1. The van der Waals surface area contributed by atoms with E-state index in [0.29, 0.717) is 49.2 Å². The number of hydrogen-bond acceptors (Lipinski definition) is 8. The molecule has 0 unspecified atom stereocenters. The highest BCUT2D eigenvalue weighted by molar-refractivity contribution is 5.94. The van der Waals surface area contributed by atoms with Gasteiger partial charge in [-0.15, -0.1) is 0 Å². The Morgan fingerprint density at radius 2 is 1.70 bits per heavy atom. The Kier molecular flexibility index (Phi) is 11.3. The number of para-hydroxylation sites is 2. The molecule has 10 heteroatoms. The van der Waals surface area contributed by atoms with Gasteiger partial charge in [0.1, 0.15) is 0 Å². The van der Waals surface area contributed by atoms with Gasteiger partial charge in [0, 0.05) is 25.3 Å². The van der Waals surface area contributed by atoms with Gasteiger partial charge in [0.05, 0.1) is 37.3 Å². The fourth-order valence-electron chi connectivity index (χ4n) is 4.59. The van der Waals surface area contributed by atoms with E-state index >= 15 is 0 Å². The summed E-state index contributed by atoms with van der Waals surface area (Å²) in [6, 6.07) is 21.5. The van der Waals surface area contributed by atoms with Crippen molar-refractivity contribution in [3.8, 4) is 0 Å². The van der Waals surface area contributed by atoms with Crippen LogP contribution in [0.1, 0.15) is 58.6 Å². The lowest BCUT2D eigenvalue weighted by atomic mass is 9.92. The van der Waals surface area contributed by atoms with Gasteiger partial charge in [0.2, 0.25) is 12.2 Å². The molecule has 4 rings (SSSR count). The zero-order chi connectivity index (χ0) is 30.6. The van der Waals surface area contributed by atoms with Crippen molar-refractivity contribution in [1.29, 1.82) is 0 Å². The highest BCUT2D eigenvalue weighted by Crippen LogP contribution is 2.32. The predicted octanol–water partition coefficient (Wildman–Crippen LogP) is 4.40. The molecule has 0 aromatic heterocycles. The van der Waals surface area contributed by atoms with Crippen LogP contribution in [0.4, 0.5) is 11.4 Å². The average molecular weight is 588 g/mol. The Bertz CT molecular complexity index is 1420. The molecule has 0 fully saturated rings. The first-order valence-corrected chi connectivity index (χ1v) is 14.2. The van der Waals surface area contributed by atoms with Gasteiger partial charge in [0.15, 0.2) is 5.76 Å². The molecule has 0 aliphatic carbocycles. The van der Waals surface area contributed by atoms with E-state index < -0.39 is 12.3 Å². The van der Waals surface area contributed by atoms with Crippen molar-refractivity contribution in [2.75, 3.05) is 24.7 Å². The molecule has 2 amide bonds. The Hall–Kier alpha value is -4.67. The van der Waals surface area contributed by atoms with Crippen molar-refractivity contribution in [3.05, 3.63) is 107 Å². The van der Waals surface area contributed by atoms with Gasteiger partial charge in [-0.25, -0.2) is 4.79 Å². The van der Waals surface area contributed by atoms with Crippen molar-refractivity contribution < 1.29 is 33.7 Å². The fraction of sp³-hybridized carbons (Fsp3) is 0.303. The number of amides is 2. The van der Waals surface area contributed by atoms with Crippen LogP contribution in [-0.4, -0.2) is 42.8 Å². The van der Waals surface area contributed by atoms with Crippen LogP contribution in [0, 0.1) is 0 Å². The number of unbranched alkanes of at least 4 members (excludes halogenated alkanes) is 1. The van der Waals surface area contributed by atoms with Crippen LogP contribution in [0.15, 0.2) is 84.6 Å². The maximum atomic E-state index is 13.1. The Balaban J connectivity index is 1.34. The van der Waals surface area contributed by atoms with Gasteiger partial charge in [-0.3, -0.25) is 9.59 Å². The van der Waals surface area contributed by atoms with Gasteiger partial charge in [-0.2, -0.15) is 0 Å². The second-order valence-corrected chi connectivity index (χ2v) is 10.2. The summed E-state index contributed by atoms with van der Waals surface area (Å²) < 4.78 is 16.8. The van der Waals surface area contributed by atoms with E-state index in [9.17, 15) is 19.5 Å². The van der Waals surface area contributed by atoms with E-state index in [2.05, 4.69) is 10.6 Å². The molecular weight excluding hydrogens is 550 g/mol. The van der Waals surface area contributed by atoms with Crippen LogP contribution >= 0.6 is 0 Å². The number of aliphatic hydroxyl groups is 1. The number of nitrogens with two attached hydrogens (primary N) is 1. The van der Waals surface area contributed by atoms with Gasteiger partial charge in [-0.05, 0) is 59.9 Å². The van der Waals surface area contributed by atoms with Crippen LogP contribution in [0.3, 0.4) is 0 Å². The molecule has 2 atom stereocenters. The SMILES string of the molecule is COC(=O)c1ccc([C@@H]2C=C(C(=O)NCCCCC(=O)Nc3ccccc3N)O[C@H](OCc3ccc(CO)cc3)C2)cc1. The maximum Gasteiger partial charge on any atom is 0.337 e. The molecule has 5 N–H and O–H groups in total. The second-order valence-electron chi connectivity index (χ2n) is 10.2. The smallest absolute Gasteiger partial charge is 0.337 e. The highest BCUT2D eigenvalue weighted by atomic mass is 16.7. The van der Waals surface area contributed by atoms with Gasteiger partial charge in [-0.1, -0.05) is 48.5 Å². The summed E-state index contributed by atoms with van der Waals surface area (Å²) in [6.45, 7) is 0.583. The summed E-state index contributed by atoms with van der Waals surface area (Å²) in [5, 5.41) is 14.9. The van der Waals surface area contributed by atoms with Crippen molar-refractivity contribution in [2.24, 2.45) is 0 Å². The van der Waals surface area contributed by atoms with Crippen molar-refractivity contribution in [2.45, 2.75) is 51.1 Å². The minimum Gasteiger partial charge on any atom is -0.465 e. The number of nitrogens with one attached hydrogen (secondary N) is 2. The maximum absolute atomic E-state index is 13.1. The van der Waals surface area contributed by atoms with E-state index in [0.717, 1.165) is 16.7 Å². The molecule has 1 aliphatic rings. The summed E-state index contributed by atoms with van der Waals surface area (Å²) in [5.41, 5.74) is 9.99. The van der Waals surface area contributed by atoms with Crippen molar-refractivity contribution in [1.82, 2.24) is 5.32 Å². The quantitative estimate of drug-likeness (QED) is 0.131. The lowest BCUT2D eigenvalue weighted by Gasteiger charge is -2.29. The number of anilines is 2. The largest absolute Gasteiger partial charge is 0.465 e. The molecule has 0 bridgehead atoms. The minimum absolute atomic E-state index is 0.0391. The number of carbonyl (C=O) groups is 3. The van der Waals surface area contributed by atoms with E-state index in [1.807, 2.05) is 36.4 Å². The molecule has 0 saturated carbocycles. The molecular formula is C33H37N3O7. The zero-order valence-corrected chi connectivity index (χ0v) is 24.1. The predicted molar refractivity (Wildman–Crippen MR) is 162 cm³/mol. The lowest BCUT2D eigenvalue weighted by molar-refractivity contribution is -0.150. The number of benzene rings is 3. The van der Waals surface area contributed by atoms with Crippen LogP contribution in [0.5, 0.6) is 0 Å². The molecule has 0 spiro atoms. The highest BCUT2D eigenvalue weighted by Gasteiger charge is 2.29. The summed E-state index contributed by atoms with van der Waals surface area (Å²) in [5.74, 6) is -1.000. The minimum atomic E-state index is -0.692. The summed E-state index contributed by atoms with van der Waals surface area (Å²) in [6.07, 6.45) is 3.00. The Morgan fingerprint density at radius 3 is 2.40 bits per heavy atom. The van der Waals surface area contributed by atoms with Crippen LogP contribution in [-0.2, 0) is 37.0 Å². The molecule has 43 heavy (non-hydrogen) atoms. The number of allylic oxidation sites excluding steroid dienone is 1. The number of nitrogen functional groups attached to an aromatic ring is 1. The Labute approximate surface area is 250 Å². The number of aliphatic hydroxyl groups excluding tert-OH is 1. The molecule has 0 radical (unpaired) electrons. The van der Waals surface area contributed by atoms with Crippen LogP contribution in [0.25, 0.3) is 0 Å². The molecule has 226 valence electrons. The van der Waals surface area contributed by atoms with Gasteiger partial charge >= 0.3 is 5.97 Å². The number of methoxy groups -OCH3 is 1. The topological polar surface area (TPSA) is 149 Å². The van der Waals surface area contributed by atoms with E-state index in [1.165, 1.54) is 7.11 Å². The van der Waals surface area contributed by atoms with Crippen LogP contribution in [0.2, 0.25) is 0 Å². The Morgan fingerprint density at radius 1 is 0.977 bits per heavy atom. The van der Waals surface area contributed by atoms with Gasteiger partial charge in [0.25, 0.3) is 5.91 Å². The first-order chi connectivity index (χ1) is 20.9. The zero-order valence-electron chi connectivity index (χ0n) is 24.1. The van der Waals surface area contributed by atoms with Crippen LogP contribution < -0.4 is 16.4 Å². The third-order valence-corrected chi connectivity index (χ3v) is 7.03. The summed E-state index contributed by atoms with van der Waals surface area (Å²) >= 11 is 0. The van der Waals surface area contributed by atoms with E-state index in [1.54, 1.807) is 42.5 Å². The number of esters is 1. The monoisotopic (exact) mass is 587 g/mol. The first kappa shape index (κ1) is 31.3. The molecule has 0 saturated heterocycles. The first-order valence-electron chi connectivity index (χ1n) is 14.2. The summed E-state index contributed by atoms with van der Waals surface area (Å²) in [7, 11) is 1.33. The summed E-state index contributed by atoms with van der Waals surface area (Å²) in [4.78, 5) is 37.2. The second kappa shape index (κ2) is 15.5. The lowest BCUT2D eigenvalue weighted by Crippen LogP contribution is -2.33. The molecule has 3 aromatic rings. The van der Waals surface area contributed by atoms with E-state index in [4.69, 9.17) is 19.9 Å². The normalized spacial score (nSPS) is 16.0. The third-order valence-electron chi connectivity index (χ3n) is 7.03. The van der Waals surface area contributed by atoms with Crippen molar-refractivity contribution in [3.63, 3.8) is 0 Å². The molecule has 1 heterocycles. The molecule has 1 aliphatic heterocycles. The van der Waals surface area contributed by atoms with Crippen molar-refractivity contribution >= 4 is 29.2 Å². The number of hydrogen-bond donors (Lipinski definition) is 4. The number of carbonyl (C=O) groups excluding carboxylic acids is 3. The number of ether oxygens (including phenoxy) is 3. The number of rotatable bonds is 13.